The minimum atomic E-state index is -0.846. The van der Waals surface area contributed by atoms with E-state index in [2.05, 4.69) is 55.6 Å². The van der Waals surface area contributed by atoms with Crippen molar-refractivity contribution in [3.63, 3.8) is 0 Å². The summed E-state index contributed by atoms with van der Waals surface area (Å²) < 4.78 is 5.48. The molecule has 0 aliphatic rings. The van der Waals surface area contributed by atoms with E-state index in [1.165, 1.54) is 315 Å². The highest BCUT2D eigenvalue weighted by Crippen LogP contribution is 2.18. The van der Waals surface area contributed by atoms with Gasteiger partial charge in [-0.3, -0.25) is 9.59 Å². The lowest BCUT2D eigenvalue weighted by atomic mass is 10.0. The van der Waals surface area contributed by atoms with Gasteiger partial charge in [0.15, 0.2) is 0 Å². The van der Waals surface area contributed by atoms with Crippen LogP contribution in [0.4, 0.5) is 0 Å². The van der Waals surface area contributed by atoms with Gasteiger partial charge >= 0.3 is 5.97 Å². The third kappa shape index (κ3) is 66.8. The molecule has 0 radical (unpaired) electrons. The zero-order valence-electron chi connectivity index (χ0n) is 54.5. The second kappa shape index (κ2) is 70.3. The molecule has 0 aromatic rings. The van der Waals surface area contributed by atoms with Crippen LogP contribution in [0.1, 0.15) is 393 Å². The third-order valence-corrected chi connectivity index (χ3v) is 16.8. The smallest absolute Gasteiger partial charge is 0.305 e. The van der Waals surface area contributed by atoms with Crippen LogP contribution in [0, 0.1) is 0 Å². The maximum atomic E-state index is 12.5. The van der Waals surface area contributed by atoms with Crippen molar-refractivity contribution >= 4 is 11.9 Å². The van der Waals surface area contributed by atoms with Crippen LogP contribution in [0.3, 0.4) is 0 Å². The van der Waals surface area contributed by atoms with Crippen LogP contribution in [0.5, 0.6) is 0 Å². The first-order valence-corrected chi connectivity index (χ1v) is 36.4. The lowest BCUT2D eigenvalue weighted by Gasteiger charge is -2.20. The number of unbranched alkanes of at least 4 members (excludes halogenated alkanes) is 51. The molecule has 6 heteroatoms. The lowest BCUT2D eigenvalue weighted by Crippen LogP contribution is -2.45. The van der Waals surface area contributed by atoms with Crippen LogP contribution in [-0.2, 0) is 14.3 Å². The molecule has 0 aliphatic heterocycles. The van der Waals surface area contributed by atoms with Crippen LogP contribution in [0.25, 0.3) is 0 Å². The molecule has 2 atom stereocenters. The van der Waals surface area contributed by atoms with Gasteiger partial charge in [0.2, 0.25) is 5.91 Å². The van der Waals surface area contributed by atoms with Crippen LogP contribution in [0.2, 0.25) is 0 Å². The van der Waals surface area contributed by atoms with Gasteiger partial charge in [0, 0.05) is 12.8 Å². The van der Waals surface area contributed by atoms with Gasteiger partial charge in [0.1, 0.15) is 0 Å². The van der Waals surface area contributed by atoms with Gasteiger partial charge in [0.25, 0.3) is 0 Å². The molecule has 3 N–H and O–H groups in total. The molecule has 0 fully saturated rings. The van der Waals surface area contributed by atoms with Crippen LogP contribution in [0.15, 0.2) is 48.6 Å². The molecule has 0 rings (SSSR count). The van der Waals surface area contributed by atoms with E-state index in [4.69, 9.17) is 4.74 Å². The fourth-order valence-electron chi connectivity index (χ4n) is 11.3. The molecule has 0 saturated carbocycles. The van der Waals surface area contributed by atoms with E-state index in [0.717, 1.165) is 51.4 Å². The van der Waals surface area contributed by atoms with Crippen molar-refractivity contribution in [2.45, 2.75) is 405 Å². The van der Waals surface area contributed by atoms with Gasteiger partial charge in [-0.05, 0) is 83.5 Å². The summed E-state index contributed by atoms with van der Waals surface area (Å²) in [5, 5.41) is 23.3. The number of hydrogen-bond donors (Lipinski definition) is 3. The van der Waals surface area contributed by atoms with E-state index in [1.807, 2.05) is 6.08 Å². The molecular formula is C75H141NO5. The Morgan fingerprint density at radius 1 is 0.346 bits per heavy atom. The largest absolute Gasteiger partial charge is 0.466 e. The predicted octanol–water partition coefficient (Wildman–Crippen LogP) is 23.6. The Hall–Kier alpha value is -2.18. The Morgan fingerprint density at radius 2 is 0.642 bits per heavy atom. The van der Waals surface area contributed by atoms with Crippen molar-refractivity contribution in [1.29, 1.82) is 0 Å². The number of amides is 1. The molecule has 0 heterocycles. The van der Waals surface area contributed by atoms with E-state index in [-0.39, 0.29) is 18.5 Å². The Morgan fingerprint density at radius 3 is 1.00 bits per heavy atom. The summed E-state index contributed by atoms with van der Waals surface area (Å²) in [7, 11) is 0. The maximum Gasteiger partial charge on any atom is 0.305 e. The number of carbonyl (C=O) groups is 2. The van der Waals surface area contributed by atoms with Crippen LogP contribution >= 0.6 is 0 Å². The zero-order chi connectivity index (χ0) is 58.5. The molecule has 2 unspecified atom stereocenters. The van der Waals surface area contributed by atoms with E-state index in [9.17, 15) is 19.8 Å². The topological polar surface area (TPSA) is 95.9 Å². The van der Waals surface area contributed by atoms with E-state index >= 15 is 0 Å². The van der Waals surface area contributed by atoms with E-state index in [0.29, 0.717) is 19.4 Å². The molecular weight excluding hydrogens is 995 g/mol. The minimum absolute atomic E-state index is 0.000920. The Kier molecular flexibility index (Phi) is 68.4. The lowest BCUT2D eigenvalue weighted by molar-refractivity contribution is -0.143. The predicted molar refractivity (Wildman–Crippen MR) is 356 cm³/mol. The average molecular weight is 1140 g/mol. The number of aliphatic hydroxyl groups excluding tert-OH is 2. The standard InChI is InChI=1S/C75H141NO5/c1-3-5-7-9-11-13-15-17-18-19-20-21-31-34-37-40-44-47-51-55-59-63-67-73(78)72(71-77)76-74(79)68-64-60-56-52-48-45-41-38-35-32-29-27-25-23-22-24-26-28-30-33-36-39-42-46-50-54-58-62-66-70-81-75(80)69-65-61-57-53-49-43-16-14-12-10-8-6-4-2/h8,10,14,16,22,24,63,67,72-73,77-78H,3-7,9,11-13,15,17-21,23,25-62,64-66,68-71H2,1-2H3,(H,76,79)/b10-8-,16-14-,24-22-,67-63+. The number of rotatable bonds is 68. The van der Waals surface area contributed by atoms with Crippen molar-refractivity contribution in [1.82, 2.24) is 5.32 Å². The second-order valence-electron chi connectivity index (χ2n) is 24.9. The SMILES string of the molecule is CCC/C=C\C/C=C\CCCCCCCC(=O)OCCCCCCCCCCCCCC/C=C\CCCCCCCCCCCCCCCC(=O)NC(CO)C(O)/C=C/CCCCCCCCCCCCCCCCCCCCCC. The molecule has 6 nitrogen and oxygen atoms in total. The summed E-state index contributed by atoms with van der Waals surface area (Å²) >= 11 is 0. The third-order valence-electron chi connectivity index (χ3n) is 16.8. The van der Waals surface area contributed by atoms with Gasteiger partial charge in [-0.2, -0.15) is 0 Å². The fourth-order valence-corrected chi connectivity index (χ4v) is 11.3. The molecule has 0 aliphatic carbocycles. The minimum Gasteiger partial charge on any atom is -0.466 e. The number of esters is 1. The molecule has 0 aromatic carbocycles. The molecule has 476 valence electrons. The van der Waals surface area contributed by atoms with Crippen molar-refractivity contribution in [3.05, 3.63) is 48.6 Å². The molecule has 81 heavy (non-hydrogen) atoms. The number of aliphatic hydroxyl groups is 2. The molecule has 0 bridgehead atoms. The summed E-state index contributed by atoms with van der Waals surface area (Å²) in [6.07, 6.45) is 92.0. The van der Waals surface area contributed by atoms with Gasteiger partial charge in [-0.25, -0.2) is 0 Å². The Balaban J connectivity index is 3.41. The number of carbonyl (C=O) groups excluding carboxylic acids is 2. The van der Waals surface area contributed by atoms with Crippen molar-refractivity contribution < 1.29 is 24.5 Å². The summed E-state index contributed by atoms with van der Waals surface area (Å²) in [6, 6.07) is -0.629. The van der Waals surface area contributed by atoms with Crippen molar-refractivity contribution in [2.24, 2.45) is 0 Å². The normalized spacial score (nSPS) is 12.8. The van der Waals surface area contributed by atoms with Gasteiger partial charge < -0.3 is 20.3 Å². The monoisotopic (exact) mass is 1140 g/mol. The molecule has 1 amide bonds. The van der Waals surface area contributed by atoms with Gasteiger partial charge in [0.05, 0.1) is 25.4 Å². The number of hydrogen-bond acceptors (Lipinski definition) is 5. The van der Waals surface area contributed by atoms with Crippen LogP contribution < -0.4 is 5.32 Å². The zero-order valence-corrected chi connectivity index (χ0v) is 54.5. The first kappa shape index (κ1) is 78.8. The Bertz CT molecular complexity index is 1360. The van der Waals surface area contributed by atoms with Gasteiger partial charge in [-0.1, -0.05) is 345 Å². The highest BCUT2D eigenvalue weighted by atomic mass is 16.5. The summed E-state index contributed by atoms with van der Waals surface area (Å²) in [6.45, 7) is 4.87. The summed E-state index contributed by atoms with van der Waals surface area (Å²) in [5.74, 6) is -0.0627. The Labute approximate surface area is 506 Å². The second-order valence-corrected chi connectivity index (χ2v) is 24.9. The molecule has 0 aromatic heterocycles. The van der Waals surface area contributed by atoms with E-state index < -0.39 is 12.1 Å². The highest BCUT2D eigenvalue weighted by molar-refractivity contribution is 5.76. The maximum absolute atomic E-state index is 12.5. The quantitative estimate of drug-likeness (QED) is 0.0320. The van der Waals surface area contributed by atoms with E-state index in [1.54, 1.807) is 6.08 Å². The first-order chi connectivity index (χ1) is 40.0. The number of nitrogens with one attached hydrogen (secondary N) is 1. The first-order valence-electron chi connectivity index (χ1n) is 36.4. The fraction of sp³-hybridized carbons (Fsp3) is 0.867. The van der Waals surface area contributed by atoms with Gasteiger partial charge in [-0.15, -0.1) is 0 Å². The molecule has 0 spiro atoms. The van der Waals surface area contributed by atoms with Crippen LogP contribution in [-0.4, -0.2) is 47.4 Å². The summed E-state index contributed by atoms with van der Waals surface area (Å²) in [4.78, 5) is 24.6. The van der Waals surface area contributed by atoms with Crippen molar-refractivity contribution in [2.75, 3.05) is 13.2 Å². The highest BCUT2D eigenvalue weighted by Gasteiger charge is 2.18. The number of allylic oxidation sites excluding steroid dienone is 7. The van der Waals surface area contributed by atoms with Crippen molar-refractivity contribution in [3.8, 4) is 0 Å². The molecule has 0 saturated heterocycles. The average Bonchev–Trinajstić information content (AvgIpc) is 3.47. The summed E-state index contributed by atoms with van der Waals surface area (Å²) in [5.41, 5.74) is 0. The number of ether oxygens (including phenoxy) is 1.